The molecule has 0 fully saturated rings. The Morgan fingerprint density at radius 3 is 0.400 bits per heavy atom. The number of carboxylic acids is 6. The van der Waals surface area contributed by atoms with E-state index in [1.165, 1.54) is 0 Å². The van der Waals surface area contributed by atoms with Crippen LogP contribution in [0.15, 0.2) is 0 Å². The van der Waals surface area contributed by atoms with Gasteiger partial charge in [-0.3, -0.25) is 0 Å². The number of carbonyl (C=O) groups excluding carboxylic acids is 6. The minimum atomic E-state index is -2.19. The first kappa shape index (κ1) is 63.1. The molecule has 1 radical (unpaired) electrons. The van der Waals surface area contributed by atoms with Gasteiger partial charge in [0.05, 0.1) is 35.8 Å². The summed E-state index contributed by atoms with van der Waals surface area (Å²) >= 11 is 0. The molecule has 0 bridgehead atoms. The van der Waals surface area contributed by atoms with Crippen molar-refractivity contribution in [3.05, 3.63) is 0 Å². The van der Waals surface area contributed by atoms with E-state index in [-0.39, 0.29) is 188 Å². The molecule has 0 aromatic heterocycles. The van der Waals surface area contributed by atoms with E-state index in [0.717, 1.165) is 0 Å². The first-order valence-electron chi connectivity index (χ1n) is 3.20. The smallest absolute Gasteiger partial charge is 0.543 e. The number of hydrogen-bond acceptors (Lipinski definition) is 12. The zero-order chi connectivity index (χ0) is 15.5. The maximum atomic E-state index is 8.93. The molecule has 0 unspecified atom stereocenters. The van der Waals surface area contributed by atoms with Crippen LogP contribution in [0.25, 0.3) is 0 Å². The average molecular weight is 491 g/mol. The molecule has 0 aliphatic carbocycles. The predicted molar refractivity (Wildman–Crippen MR) is 40.9 cm³/mol. The van der Waals surface area contributed by atoms with Crippen LogP contribution in [0.2, 0.25) is 0 Å². The maximum absolute atomic E-state index is 8.93. The number of carboxylic acid groups (broad SMARTS) is 6. The van der Waals surface area contributed by atoms with Crippen LogP contribution in [-0.2, 0) is 45.8 Å². The molecule has 0 amide bonds. The summed E-state index contributed by atoms with van der Waals surface area (Å²) in [7, 11) is 0. The van der Waals surface area contributed by atoms with Crippen LogP contribution in [-0.4, -0.2) is 52.2 Å². The van der Waals surface area contributed by atoms with Gasteiger partial charge in [0.1, 0.15) is 0 Å². The van der Waals surface area contributed by atoms with Crippen LogP contribution in [0.5, 0.6) is 0 Å². The Bertz CT molecular complexity index is 292. The molecule has 6 N–H and O–H groups in total. The second-order valence-electron chi connectivity index (χ2n) is 1.72. The molecule has 0 aliphatic rings. The zero-order valence-corrected chi connectivity index (χ0v) is 23.2. The quantitative estimate of drug-likeness (QED) is 0.225. The third kappa shape index (κ3) is 76.2. The van der Waals surface area contributed by atoms with Crippen molar-refractivity contribution in [2.75, 3.05) is 0 Å². The van der Waals surface area contributed by atoms with Crippen molar-refractivity contribution in [2.24, 2.45) is 0 Å². The van der Waals surface area contributed by atoms with Gasteiger partial charge in [-0.25, -0.2) is 0 Å². The topological polar surface area (TPSA) is 335 Å². The molecular weight excluding hydrogens is 485 g/mol. The molecule has 0 aromatic carbocycles. The van der Waals surface area contributed by atoms with E-state index in [2.05, 4.69) is 0 Å². The first-order valence-corrected chi connectivity index (χ1v) is 3.20. The van der Waals surface area contributed by atoms with Gasteiger partial charge >= 0.3 is 171 Å². The normalized spacial score (nSPS) is 5.28. The van der Waals surface area contributed by atoms with Crippen molar-refractivity contribution in [1.82, 2.24) is 0 Å². The van der Waals surface area contributed by atoms with Crippen molar-refractivity contribution >= 4 is 35.8 Å². The molecule has 25 heavy (non-hydrogen) atoms. The second kappa shape index (κ2) is 40.7. The van der Waals surface area contributed by atoms with Crippen LogP contribution < -0.4 is 185 Å². The molecule has 0 saturated heterocycles. The summed E-state index contributed by atoms with van der Waals surface area (Å²) in [5.74, 6) is -13.1. The van der Waals surface area contributed by atoms with Gasteiger partial charge in [-0.2, -0.15) is 0 Å². The Kier molecular flexibility index (Phi) is 103. The standard InChI is InChI=1S/3C2H2O4.Fe.3K.3H2O/c3*3-1(4)2(5)6;;;;;;;/h3*(H,3,4)(H,5,6);;;;;3*1H2/q;;;+3;3*+1;;;/p-6. The summed E-state index contributed by atoms with van der Waals surface area (Å²) < 4.78 is 0. The van der Waals surface area contributed by atoms with Crippen molar-refractivity contribution in [3.63, 3.8) is 0 Å². The third-order valence-electron chi connectivity index (χ3n) is 0.500. The second-order valence-corrected chi connectivity index (χ2v) is 1.72. The van der Waals surface area contributed by atoms with E-state index in [4.69, 9.17) is 59.4 Å². The van der Waals surface area contributed by atoms with E-state index < -0.39 is 35.8 Å². The largest absolute Gasteiger partial charge is 3.00 e. The molecule has 131 valence electrons. The van der Waals surface area contributed by atoms with Crippen LogP contribution in [0.4, 0.5) is 0 Å². The predicted octanol–water partition coefficient (Wildman–Crippen LogP) is -22.0. The fraction of sp³-hybridized carbons (Fsp3) is 0. The number of carbonyl (C=O) groups is 6. The monoisotopic (exact) mass is 491 g/mol. The van der Waals surface area contributed by atoms with Gasteiger partial charge in [0.25, 0.3) is 0 Å². The van der Waals surface area contributed by atoms with E-state index >= 15 is 0 Å². The third-order valence-corrected chi connectivity index (χ3v) is 0.500. The van der Waals surface area contributed by atoms with Crippen molar-refractivity contribution in [3.8, 4) is 0 Å². The van der Waals surface area contributed by atoms with Gasteiger partial charge in [0, 0.05) is 0 Å². The SMILES string of the molecule is O.O.O.O=C([O-])C(=O)[O-].O=C([O-])C(=O)[O-].O=C([O-])C(=O)[O-].[Fe+3].[K+].[K+].[K+]. The summed E-state index contributed by atoms with van der Waals surface area (Å²) in [6, 6.07) is 0. The van der Waals surface area contributed by atoms with Crippen molar-refractivity contribution in [1.29, 1.82) is 0 Å². The summed E-state index contributed by atoms with van der Waals surface area (Å²) in [5, 5.41) is 53.6. The van der Waals surface area contributed by atoms with Gasteiger partial charge in [0.2, 0.25) is 0 Å². The fourth-order valence-electron chi connectivity index (χ4n) is 0. The van der Waals surface area contributed by atoms with E-state index in [1.54, 1.807) is 0 Å². The molecule has 0 aliphatic heterocycles. The summed E-state index contributed by atoms with van der Waals surface area (Å²) in [4.78, 5) is 53.6. The van der Waals surface area contributed by atoms with Gasteiger partial charge in [-0.15, -0.1) is 0 Å². The van der Waals surface area contributed by atoms with Crippen LogP contribution in [0.3, 0.4) is 0 Å². The Hall–Kier alpha value is 2.13. The molecule has 0 aromatic rings. The Morgan fingerprint density at radius 2 is 0.400 bits per heavy atom. The van der Waals surface area contributed by atoms with Gasteiger partial charge in [-0.05, 0) is 0 Å². The van der Waals surface area contributed by atoms with Gasteiger partial charge in [-0.1, -0.05) is 0 Å². The van der Waals surface area contributed by atoms with Crippen LogP contribution in [0, 0.1) is 0 Å². The van der Waals surface area contributed by atoms with Crippen LogP contribution in [0.1, 0.15) is 0 Å². The number of hydrogen-bond donors (Lipinski definition) is 0. The molecule has 0 saturated carbocycles. The Balaban J connectivity index is -0.0000000148. The number of aliphatic carboxylic acids is 6. The molecule has 0 heterocycles. The molecule has 0 spiro atoms. The average Bonchev–Trinajstić information content (AvgIpc) is 2.18. The van der Waals surface area contributed by atoms with Crippen molar-refractivity contribution in [2.45, 2.75) is 0 Å². The van der Waals surface area contributed by atoms with E-state index in [1.807, 2.05) is 0 Å². The minimum Gasteiger partial charge on any atom is -0.543 e. The molecule has 15 nitrogen and oxygen atoms in total. The first-order chi connectivity index (χ1) is 7.93. The molecular formula is C6H6FeK3O15. The maximum Gasteiger partial charge on any atom is 3.00 e. The molecule has 0 atom stereocenters. The molecule has 19 heteroatoms. The summed E-state index contributed by atoms with van der Waals surface area (Å²) in [6.07, 6.45) is 0. The Morgan fingerprint density at radius 1 is 0.360 bits per heavy atom. The summed E-state index contributed by atoms with van der Waals surface area (Å²) in [5.41, 5.74) is 0. The summed E-state index contributed by atoms with van der Waals surface area (Å²) in [6.45, 7) is 0. The Labute approximate surface area is 276 Å². The van der Waals surface area contributed by atoms with Crippen molar-refractivity contribution < 1.29 is 247 Å². The fourth-order valence-corrected chi connectivity index (χ4v) is 0. The number of rotatable bonds is 0. The molecule has 0 rings (SSSR count). The van der Waals surface area contributed by atoms with Crippen LogP contribution >= 0.6 is 0 Å². The van der Waals surface area contributed by atoms with E-state index in [0.29, 0.717) is 0 Å². The zero-order valence-electron chi connectivity index (χ0n) is 12.8. The van der Waals surface area contributed by atoms with E-state index in [9.17, 15) is 0 Å². The van der Waals surface area contributed by atoms with Gasteiger partial charge in [0.15, 0.2) is 0 Å². The minimum absolute atomic E-state index is 0. The van der Waals surface area contributed by atoms with Gasteiger partial charge < -0.3 is 75.8 Å².